The van der Waals surface area contributed by atoms with Crippen LogP contribution in [-0.4, -0.2) is 6.04 Å². The van der Waals surface area contributed by atoms with Crippen LogP contribution in [-0.2, 0) is 0 Å². The summed E-state index contributed by atoms with van der Waals surface area (Å²) in [5.41, 5.74) is 6.43. The predicted octanol–water partition coefficient (Wildman–Crippen LogP) is 2.30. The normalized spacial score (nSPS) is 40.5. The van der Waals surface area contributed by atoms with Crippen molar-refractivity contribution >= 4 is 0 Å². The van der Waals surface area contributed by atoms with Crippen molar-refractivity contribution in [1.82, 2.24) is 0 Å². The van der Waals surface area contributed by atoms with Crippen LogP contribution in [0.2, 0.25) is 0 Å². The maximum Gasteiger partial charge on any atom is 0.00442 e. The monoisotopic (exact) mass is 141 g/mol. The van der Waals surface area contributed by atoms with Crippen LogP contribution in [0.25, 0.3) is 0 Å². The van der Waals surface area contributed by atoms with Crippen LogP contribution in [0.3, 0.4) is 0 Å². The molecule has 1 saturated carbocycles. The van der Waals surface area contributed by atoms with Crippen LogP contribution in [0.1, 0.15) is 46.0 Å². The SMILES string of the molecule is CCCC1(C)CCC(N)C1. The number of nitrogens with two attached hydrogens (primary N) is 1. The van der Waals surface area contributed by atoms with E-state index in [2.05, 4.69) is 13.8 Å². The highest BCUT2D eigenvalue weighted by molar-refractivity contribution is 4.86. The van der Waals surface area contributed by atoms with Gasteiger partial charge in [-0.1, -0.05) is 20.3 Å². The summed E-state index contributed by atoms with van der Waals surface area (Å²) in [5.74, 6) is 0. The highest BCUT2D eigenvalue weighted by Crippen LogP contribution is 2.40. The number of rotatable bonds is 2. The lowest BCUT2D eigenvalue weighted by Gasteiger charge is -2.22. The van der Waals surface area contributed by atoms with Crippen molar-refractivity contribution < 1.29 is 0 Å². The Labute approximate surface area is 64.0 Å². The first-order valence-corrected chi connectivity index (χ1v) is 4.42. The zero-order chi connectivity index (χ0) is 7.61. The van der Waals surface area contributed by atoms with E-state index >= 15 is 0 Å². The third-order valence-corrected chi connectivity index (χ3v) is 2.73. The van der Waals surface area contributed by atoms with E-state index in [1.807, 2.05) is 0 Å². The molecule has 0 amide bonds. The van der Waals surface area contributed by atoms with Gasteiger partial charge in [-0.2, -0.15) is 0 Å². The van der Waals surface area contributed by atoms with Crippen molar-refractivity contribution in [2.24, 2.45) is 11.1 Å². The molecule has 0 aliphatic heterocycles. The summed E-state index contributed by atoms with van der Waals surface area (Å²) < 4.78 is 0. The molecule has 60 valence electrons. The van der Waals surface area contributed by atoms with Gasteiger partial charge in [-0.15, -0.1) is 0 Å². The first kappa shape index (κ1) is 8.06. The van der Waals surface area contributed by atoms with E-state index in [4.69, 9.17) is 5.73 Å². The lowest BCUT2D eigenvalue weighted by Crippen LogP contribution is -2.18. The van der Waals surface area contributed by atoms with Gasteiger partial charge in [0, 0.05) is 6.04 Å². The van der Waals surface area contributed by atoms with Crippen molar-refractivity contribution in [2.45, 2.75) is 52.0 Å². The van der Waals surface area contributed by atoms with Gasteiger partial charge in [-0.25, -0.2) is 0 Å². The Morgan fingerprint density at radius 1 is 1.60 bits per heavy atom. The molecule has 1 heteroatoms. The Bertz CT molecular complexity index is 107. The summed E-state index contributed by atoms with van der Waals surface area (Å²) in [7, 11) is 0. The Balaban J connectivity index is 2.38. The van der Waals surface area contributed by atoms with E-state index in [9.17, 15) is 0 Å². The minimum Gasteiger partial charge on any atom is -0.328 e. The summed E-state index contributed by atoms with van der Waals surface area (Å²) in [5, 5.41) is 0. The standard InChI is InChI=1S/C9H19N/c1-3-5-9(2)6-4-8(10)7-9/h8H,3-7,10H2,1-2H3. The Kier molecular flexibility index (Phi) is 2.35. The zero-order valence-electron chi connectivity index (χ0n) is 7.19. The fourth-order valence-electron chi connectivity index (χ4n) is 2.20. The van der Waals surface area contributed by atoms with Crippen molar-refractivity contribution in [1.29, 1.82) is 0 Å². The molecule has 0 saturated heterocycles. The van der Waals surface area contributed by atoms with Crippen LogP contribution in [0.5, 0.6) is 0 Å². The minimum atomic E-state index is 0.497. The predicted molar refractivity (Wildman–Crippen MR) is 44.8 cm³/mol. The molecule has 0 aromatic heterocycles. The smallest absolute Gasteiger partial charge is 0.00442 e. The van der Waals surface area contributed by atoms with Gasteiger partial charge in [0.05, 0.1) is 0 Å². The summed E-state index contributed by atoms with van der Waals surface area (Å²) in [6, 6.07) is 0.497. The van der Waals surface area contributed by atoms with Gasteiger partial charge in [-0.05, 0) is 31.1 Å². The van der Waals surface area contributed by atoms with E-state index in [1.54, 1.807) is 0 Å². The van der Waals surface area contributed by atoms with Gasteiger partial charge >= 0.3 is 0 Å². The second-order valence-corrected chi connectivity index (χ2v) is 4.06. The zero-order valence-corrected chi connectivity index (χ0v) is 7.19. The summed E-state index contributed by atoms with van der Waals surface area (Å²) in [6.07, 6.45) is 6.52. The molecule has 2 unspecified atom stereocenters. The maximum atomic E-state index is 5.84. The fourth-order valence-corrected chi connectivity index (χ4v) is 2.20. The Morgan fingerprint density at radius 3 is 2.70 bits per heavy atom. The third-order valence-electron chi connectivity index (χ3n) is 2.73. The van der Waals surface area contributed by atoms with E-state index in [0.717, 1.165) is 0 Å². The fraction of sp³-hybridized carbons (Fsp3) is 1.00. The summed E-state index contributed by atoms with van der Waals surface area (Å²) in [4.78, 5) is 0. The minimum absolute atomic E-state index is 0.497. The molecule has 10 heavy (non-hydrogen) atoms. The first-order chi connectivity index (χ1) is 4.66. The maximum absolute atomic E-state index is 5.84. The summed E-state index contributed by atoms with van der Waals surface area (Å²) in [6.45, 7) is 4.64. The van der Waals surface area contributed by atoms with Gasteiger partial charge in [0.1, 0.15) is 0 Å². The number of hydrogen-bond donors (Lipinski definition) is 1. The average Bonchev–Trinajstić information content (AvgIpc) is 2.12. The molecule has 1 aliphatic rings. The molecule has 1 aliphatic carbocycles. The second kappa shape index (κ2) is 2.91. The van der Waals surface area contributed by atoms with Gasteiger partial charge in [0.25, 0.3) is 0 Å². The van der Waals surface area contributed by atoms with Crippen LogP contribution in [0, 0.1) is 5.41 Å². The van der Waals surface area contributed by atoms with Gasteiger partial charge < -0.3 is 5.73 Å². The van der Waals surface area contributed by atoms with E-state index < -0.39 is 0 Å². The quantitative estimate of drug-likeness (QED) is 0.627. The molecule has 0 aromatic carbocycles. The third kappa shape index (κ3) is 1.72. The van der Waals surface area contributed by atoms with Gasteiger partial charge in [0.2, 0.25) is 0 Å². The molecule has 0 spiro atoms. The lowest BCUT2D eigenvalue weighted by molar-refractivity contribution is 0.301. The van der Waals surface area contributed by atoms with Crippen LogP contribution in [0.4, 0.5) is 0 Å². The van der Waals surface area contributed by atoms with Crippen molar-refractivity contribution in [3.63, 3.8) is 0 Å². The van der Waals surface area contributed by atoms with E-state index in [1.165, 1.54) is 32.1 Å². The molecule has 2 N–H and O–H groups in total. The Hall–Kier alpha value is -0.0400. The van der Waals surface area contributed by atoms with Crippen molar-refractivity contribution in [3.8, 4) is 0 Å². The molecule has 2 atom stereocenters. The summed E-state index contributed by atoms with van der Waals surface area (Å²) >= 11 is 0. The molecular formula is C9H19N. The van der Waals surface area contributed by atoms with Crippen LogP contribution < -0.4 is 5.73 Å². The molecule has 0 aromatic rings. The highest BCUT2D eigenvalue weighted by Gasteiger charge is 2.31. The van der Waals surface area contributed by atoms with Crippen LogP contribution in [0.15, 0.2) is 0 Å². The van der Waals surface area contributed by atoms with Gasteiger partial charge in [-0.3, -0.25) is 0 Å². The van der Waals surface area contributed by atoms with Crippen molar-refractivity contribution in [2.75, 3.05) is 0 Å². The topological polar surface area (TPSA) is 26.0 Å². The largest absolute Gasteiger partial charge is 0.328 e. The average molecular weight is 141 g/mol. The molecule has 0 bridgehead atoms. The number of hydrogen-bond acceptors (Lipinski definition) is 1. The Morgan fingerprint density at radius 2 is 2.30 bits per heavy atom. The molecule has 1 nitrogen and oxygen atoms in total. The molecule has 0 radical (unpaired) electrons. The molecule has 1 rings (SSSR count). The van der Waals surface area contributed by atoms with E-state index in [-0.39, 0.29) is 0 Å². The molecular weight excluding hydrogens is 122 g/mol. The van der Waals surface area contributed by atoms with Crippen LogP contribution >= 0.6 is 0 Å². The second-order valence-electron chi connectivity index (χ2n) is 4.06. The van der Waals surface area contributed by atoms with E-state index in [0.29, 0.717) is 11.5 Å². The first-order valence-electron chi connectivity index (χ1n) is 4.42. The highest BCUT2D eigenvalue weighted by atomic mass is 14.7. The van der Waals surface area contributed by atoms with Crippen molar-refractivity contribution in [3.05, 3.63) is 0 Å². The molecule has 1 fully saturated rings. The lowest BCUT2D eigenvalue weighted by atomic mass is 9.84. The molecule has 0 heterocycles. The van der Waals surface area contributed by atoms with Gasteiger partial charge in [0.15, 0.2) is 0 Å².